The molecule has 1 N–H and O–H groups in total. The van der Waals surface area contributed by atoms with E-state index in [-0.39, 0.29) is 6.09 Å². The van der Waals surface area contributed by atoms with Crippen molar-refractivity contribution in [1.82, 2.24) is 20.3 Å². The third kappa shape index (κ3) is 5.55. The highest BCUT2D eigenvalue weighted by molar-refractivity contribution is 5.95. The number of anilines is 1. The van der Waals surface area contributed by atoms with Gasteiger partial charge in [-0.05, 0) is 57.4 Å². The molecule has 1 aromatic carbocycles. The normalized spacial score (nSPS) is 22.3. The maximum Gasteiger partial charge on any atom is 0.410 e. The minimum Gasteiger partial charge on any atom is -0.444 e. The summed E-state index contributed by atoms with van der Waals surface area (Å²) in [5.74, 6) is 0.529. The third-order valence-corrected chi connectivity index (χ3v) is 6.16. The molecule has 8 nitrogen and oxygen atoms in total. The molecule has 1 amide bonds. The molecule has 2 saturated heterocycles. The van der Waals surface area contributed by atoms with E-state index in [1.165, 1.54) is 0 Å². The predicted molar refractivity (Wildman–Crippen MR) is 129 cm³/mol. The van der Waals surface area contributed by atoms with Crippen LogP contribution < -0.4 is 10.3 Å². The molecule has 4 rings (SSSR count). The van der Waals surface area contributed by atoms with Crippen LogP contribution in [0.5, 0.6) is 0 Å². The Morgan fingerprint density at radius 2 is 1.94 bits per heavy atom. The molecule has 2 aromatic rings. The lowest BCUT2D eigenvalue weighted by Crippen LogP contribution is -2.59. The molecule has 0 spiro atoms. The summed E-state index contributed by atoms with van der Waals surface area (Å²) in [6.45, 7) is 12.7. The molecule has 2 aliphatic rings. The Morgan fingerprint density at radius 3 is 2.64 bits per heavy atom. The third-order valence-electron chi connectivity index (χ3n) is 6.16. The average molecular weight is 451 g/mol. The number of nitrogens with one attached hydrogen (secondary N) is 1. The number of hydrogen-bond donors (Lipinski definition) is 1. The quantitative estimate of drug-likeness (QED) is 0.767. The predicted octanol–water partition coefficient (Wildman–Crippen LogP) is 3.38. The topological polar surface area (TPSA) is 84.7 Å². The summed E-state index contributed by atoms with van der Waals surface area (Å²) in [5, 5.41) is 12.7. The minimum absolute atomic E-state index is 0.235. The molecular formula is C25H34N6O2. The zero-order chi connectivity index (χ0) is 23.6. The summed E-state index contributed by atoms with van der Waals surface area (Å²) in [7, 11) is 0. The van der Waals surface area contributed by atoms with Crippen molar-refractivity contribution in [2.45, 2.75) is 45.8 Å². The van der Waals surface area contributed by atoms with Crippen molar-refractivity contribution in [3.05, 3.63) is 36.0 Å². The molecule has 3 heterocycles. The number of carbonyl (C=O) groups is 1. The van der Waals surface area contributed by atoms with Gasteiger partial charge in [0.05, 0.1) is 11.1 Å². The second-order valence-electron chi connectivity index (χ2n) is 10.2. The van der Waals surface area contributed by atoms with E-state index in [4.69, 9.17) is 4.74 Å². The molecule has 0 radical (unpaired) electrons. The first-order valence-electron chi connectivity index (χ1n) is 11.8. The van der Waals surface area contributed by atoms with Crippen LogP contribution in [0.4, 0.5) is 10.5 Å². The van der Waals surface area contributed by atoms with Crippen LogP contribution in [0, 0.1) is 17.2 Å². The van der Waals surface area contributed by atoms with Gasteiger partial charge >= 0.3 is 6.09 Å². The number of nitrogens with zero attached hydrogens (tertiary/aromatic N) is 5. The van der Waals surface area contributed by atoms with Gasteiger partial charge in [0.15, 0.2) is 0 Å². The van der Waals surface area contributed by atoms with Crippen LogP contribution >= 0.6 is 0 Å². The second-order valence-corrected chi connectivity index (χ2v) is 10.2. The zero-order valence-electron chi connectivity index (χ0n) is 20.0. The van der Waals surface area contributed by atoms with E-state index < -0.39 is 5.60 Å². The van der Waals surface area contributed by atoms with Crippen molar-refractivity contribution in [2.24, 2.45) is 5.92 Å². The fraction of sp³-hybridized carbons (Fsp3) is 0.560. The van der Waals surface area contributed by atoms with Crippen LogP contribution in [0.25, 0.3) is 10.9 Å². The summed E-state index contributed by atoms with van der Waals surface area (Å²) in [6.07, 6.45) is 2.60. The number of aromatic nitrogens is 1. The van der Waals surface area contributed by atoms with Gasteiger partial charge < -0.3 is 14.5 Å². The molecular weight excluding hydrogens is 416 g/mol. The lowest BCUT2D eigenvalue weighted by Gasteiger charge is -2.42. The Balaban J connectivity index is 1.40. The van der Waals surface area contributed by atoms with Crippen LogP contribution in [-0.2, 0) is 4.74 Å². The van der Waals surface area contributed by atoms with Gasteiger partial charge in [-0.1, -0.05) is 6.92 Å². The highest BCUT2D eigenvalue weighted by Gasteiger charge is 2.30. The number of hydrogen-bond acceptors (Lipinski definition) is 7. The highest BCUT2D eigenvalue weighted by Crippen LogP contribution is 2.31. The summed E-state index contributed by atoms with van der Waals surface area (Å²) in [4.78, 5) is 21.0. The molecule has 0 aliphatic carbocycles. The molecule has 0 unspecified atom stereocenters. The molecule has 2 aliphatic heterocycles. The van der Waals surface area contributed by atoms with Gasteiger partial charge in [0.1, 0.15) is 11.7 Å². The van der Waals surface area contributed by atoms with Crippen molar-refractivity contribution in [1.29, 1.82) is 5.26 Å². The zero-order valence-corrected chi connectivity index (χ0v) is 20.0. The number of amides is 1. The molecule has 33 heavy (non-hydrogen) atoms. The molecule has 1 aromatic heterocycles. The summed E-state index contributed by atoms with van der Waals surface area (Å²) >= 11 is 0. The van der Waals surface area contributed by atoms with E-state index in [1.807, 2.05) is 32.9 Å². The van der Waals surface area contributed by atoms with Crippen molar-refractivity contribution < 1.29 is 9.53 Å². The maximum absolute atomic E-state index is 12.3. The smallest absolute Gasteiger partial charge is 0.410 e. The van der Waals surface area contributed by atoms with E-state index in [0.29, 0.717) is 30.6 Å². The lowest BCUT2D eigenvalue weighted by atomic mass is 9.95. The number of rotatable bonds is 3. The fourth-order valence-corrected chi connectivity index (χ4v) is 4.77. The first-order chi connectivity index (χ1) is 15.7. The van der Waals surface area contributed by atoms with Gasteiger partial charge in [-0.3, -0.25) is 10.4 Å². The Labute approximate surface area is 196 Å². The van der Waals surface area contributed by atoms with Crippen molar-refractivity contribution in [3.8, 4) is 6.07 Å². The Kier molecular flexibility index (Phi) is 6.73. The van der Waals surface area contributed by atoms with Crippen LogP contribution in [0.2, 0.25) is 0 Å². The molecule has 2 fully saturated rings. The Hall–Kier alpha value is -2.89. The standard InChI is InChI=1S/C25H34N6O2/c1-18-14-20(28-31-12-10-29(11-13-31)24(32)33-25(2,3)4)17-30(16-18)22-8-7-19(15-26)23-21(22)6-5-9-27-23/h5-9,18,20,28H,10-14,16-17H2,1-4H3/t18-,20+/m0/s1. The van der Waals surface area contributed by atoms with Gasteiger partial charge in [0.25, 0.3) is 0 Å². The summed E-state index contributed by atoms with van der Waals surface area (Å²) in [6, 6.07) is 10.5. The van der Waals surface area contributed by atoms with Crippen molar-refractivity contribution in [3.63, 3.8) is 0 Å². The fourth-order valence-electron chi connectivity index (χ4n) is 4.77. The summed E-state index contributed by atoms with van der Waals surface area (Å²) in [5.41, 5.74) is 5.74. The largest absolute Gasteiger partial charge is 0.444 e. The van der Waals surface area contributed by atoms with Crippen molar-refractivity contribution in [2.75, 3.05) is 44.2 Å². The van der Waals surface area contributed by atoms with E-state index in [2.05, 4.69) is 45.4 Å². The number of piperazine rings is 1. The first-order valence-corrected chi connectivity index (χ1v) is 11.8. The van der Waals surface area contributed by atoms with E-state index in [1.54, 1.807) is 11.1 Å². The van der Waals surface area contributed by atoms with Gasteiger partial charge in [-0.15, -0.1) is 0 Å². The maximum atomic E-state index is 12.3. The molecule has 176 valence electrons. The number of pyridine rings is 1. The van der Waals surface area contributed by atoms with Gasteiger partial charge in [0, 0.05) is 62.6 Å². The second kappa shape index (κ2) is 9.54. The van der Waals surface area contributed by atoms with Crippen LogP contribution in [0.3, 0.4) is 0 Å². The Bertz CT molecular complexity index is 1040. The van der Waals surface area contributed by atoms with Gasteiger partial charge in [-0.2, -0.15) is 5.26 Å². The number of nitriles is 1. The average Bonchev–Trinajstić information content (AvgIpc) is 2.77. The van der Waals surface area contributed by atoms with E-state index >= 15 is 0 Å². The van der Waals surface area contributed by atoms with Gasteiger partial charge in [0.2, 0.25) is 0 Å². The number of ether oxygens (including phenoxy) is 1. The van der Waals surface area contributed by atoms with Crippen LogP contribution in [0.15, 0.2) is 30.5 Å². The van der Waals surface area contributed by atoms with Crippen LogP contribution in [0.1, 0.15) is 39.7 Å². The number of hydrazine groups is 1. The first kappa shape index (κ1) is 23.3. The van der Waals surface area contributed by atoms with Crippen molar-refractivity contribution >= 4 is 22.7 Å². The highest BCUT2D eigenvalue weighted by atomic mass is 16.6. The SMILES string of the molecule is C[C@H]1C[C@@H](NN2CCN(C(=O)OC(C)(C)C)CC2)CN(c2ccc(C#N)c3ncccc23)C1. The number of fused-ring (bicyclic) bond motifs is 1. The summed E-state index contributed by atoms with van der Waals surface area (Å²) < 4.78 is 5.51. The Morgan fingerprint density at radius 1 is 1.18 bits per heavy atom. The molecule has 2 atom stereocenters. The minimum atomic E-state index is -0.473. The van der Waals surface area contributed by atoms with Gasteiger partial charge in [-0.25, -0.2) is 9.80 Å². The molecule has 0 saturated carbocycles. The number of carbonyl (C=O) groups excluding carboxylic acids is 1. The van der Waals surface area contributed by atoms with E-state index in [0.717, 1.165) is 49.2 Å². The molecule has 0 bridgehead atoms. The number of piperidine rings is 1. The monoisotopic (exact) mass is 450 g/mol. The van der Waals surface area contributed by atoms with E-state index in [9.17, 15) is 10.1 Å². The molecule has 8 heteroatoms. The lowest BCUT2D eigenvalue weighted by molar-refractivity contribution is 0.00613. The number of benzene rings is 1. The van der Waals surface area contributed by atoms with Crippen LogP contribution in [-0.4, -0.2) is 71.9 Å².